The SMILES string of the molecule is CCc1cc(C)c(N)c(Nc2ccc(I)cc2F)c1F. The highest BCUT2D eigenvalue weighted by Gasteiger charge is 2.15. The molecule has 0 saturated carbocycles. The predicted molar refractivity (Wildman–Crippen MR) is 87.3 cm³/mol. The molecule has 2 aromatic rings. The highest BCUT2D eigenvalue weighted by atomic mass is 127. The topological polar surface area (TPSA) is 38.0 Å². The van der Waals surface area contributed by atoms with Crippen LogP contribution in [0.2, 0.25) is 0 Å². The summed E-state index contributed by atoms with van der Waals surface area (Å²) in [6.07, 6.45) is 0.552. The van der Waals surface area contributed by atoms with Gasteiger partial charge in [0, 0.05) is 3.57 Å². The number of halogens is 3. The number of nitrogens with one attached hydrogen (secondary N) is 1. The van der Waals surface area contributed by atoms with Gasteiger partial charge in [0.2, 0.25) is 0 Å². The van der Waals surface area contributed by atoms with Crippen molar-refractivity contribution < 1.29 is 8.78 Å². The molecular formula is C15H15F2IN2. The number of nitrogens with two attached hydrogens (primary N) is 1. The van der Waals surface area contributed by atoms with E-state index in [1.54, 1.807) is 18.2 Å². The van der Waals surface area contributed by atoms with Gasteiger partial charge < -0.3 is 11.1 Å². The van der Waals surface area contributed by atoms with E-state index in [4.69, 9.17) is 5.73 Å². The van der Waals surface area contributed by atoms with Crippen molar-refractivity contribution in [2.75, 3.05) is 11.1 Å². The molecule has 0 atom stereocenters. The van der Waals surface area contributed by atoms with Crippen molar-refractivity contribution in [2.24, 2.45) is 0 Å². The molecule has 0 amide bonds. The Morgan fingerprint density at radius 1 is 1.25 bits per heavy atom. The lowest BCUT2D eigenvalue weighted by molar-refractivity contribution is 0.614. The smallest absolute Gasteiger partial charge is 0.151 e. The molecule has 20 heavy (non-hydrogen) atoms. The normalized spacial score (nSPS) is 10.7. The minimum atomic E-state index is -0.435. The second-order valence-electron chi connectivity index (χ2n) is 4.56. The molecule has 0 fully saturated rings. The third-order valence-corrected chi connectivity index (χ3v) is 3.83. The first-order valence-electron chi connectivity index (χ1n) is 6.23. The second-order valence-corrected chi connectivity index (χ2v) is 5.80. The first-order valence-corrected chi connectivity index (χ1v) is 7.31. The summed E-state index contributed by atoms with van der Waals surface area (Å²) in [4.78, 5) is 0. The lowest BCUT2D eigenvalue weighted by Gasteiger charge is -2.15. The van der Waals surface area contributed by atoms with Crippen LogP contribution in [0.25, 0.3) is 0 Å². The van der Waals surface area contributed by atoms with Crippen molar-refractivity contribution in [3.05, 3.63) is 50.6 Å². The molecule has 0 aliphatic heterocycles. The summed E-state index contributed by atoms with van der Waals surface area (Å²) in [5.74, 6) is -0.858. The summed E-state index contributed by atoms with van der Waals surface area (Å²) >= 11 is 2.02. The Morgan fingerprint density at radius 3 is 2.55 bits per heavy atom. The fourth-order valence-electron chi connectivity index (χ4n) is 1.98. The maximum atomic E-state index is 14.3. The second kappa shape index (κ2) is 5.95. The standard InChI is InChI=1S/C15H15F2IN2/c1-3-9-6-8(2)14(19)15(13(9)17)20-12-5-4-10(18)7-11(12)16/h4-7,20H,3,19H2,1-2H3. The van der Waals surface area contributed by atoms with Crippen LogP contribution < -0.4 is 11.1 Å². The van der Waals surface area contributed by atoms with Gasteiger partial charge >= 0.3 is 0 Å². The lowest BCUT2D eigenvalue weighted by Crippen LogP contribution is -2.05. The van der Waals surface area contributed by atoms with Crippen LogP contribution in [0.3, 0.4) is 0 Å². The molecule has 5 heteroatoms. The van der Waals surface area contributed by atoms with Crippen molar-refractivity contribution in [1.29, 1.82) is 0 Å². The molecule has 0 spiro atoms. The molecule has 2 nitrogen and oxygen atoms in total. The Labute approximate surface area is 130 Å². The Hall–Kier alpha value is -1.37. The molecular weight excluding hydrogens is 373 g/mol. The maximum Gasteiger partial charge on any atom is 0.151 e. The van der Waals surface area contributed by atoms with E-state index in [1.807, 2.05) is 36.4 Å². The van der Waals surface area contributed by atoms with Gasteiger partial charge in [0.1, 0.15) is 5.82 Å². The van der Waals surface area contributed by atoms with Gasteiger partial charge in [-0.3, -0.25) is 0 Å². The summed E-state index contributed by atoms with van der Waals surface area (Å²) < 4.78 is 29.0. The van der Waals surface area contributed by atoms with Crippen LogP contribution >= 0.6 is 22.6 Å². The van der Waals surface area contributed by atoms with E-state index in [0.29, 0.717) is 17.7 Å². The van der Waals surface area contributed by atoms with Crippen LogP contribution in [0.5, 0.6) is 0 Å². The average molecular weight is 388 g/mol. The van der Waals surface area contributed by atoms with Gasteiger partial charge in [-0.2, -0.15) is 0 Å². The fourth-order valence-corrected chi connectivity index (χ4v) is 2.44. The molecule has 0 heterocycles. The van der Waals surface area contributed by atoms with Crippen molar-refractivity contribution >= 4 is 39.7 Å². The number of hydrogen-bond acceptors (Lipinski definition) is 2. The van der Waals surface area contributed by atoms with E-state index in [0.717, 1.165) is 9.13 Å². The summed E-state index contributed by atoms with van der Waals surface area (Å²) in [6.45, 7) is 3.67. The Kier molecular flexibility index (Phi) is 4.47. The summed E-state index contributed by atoms with van der Waals surface area (Å²) in [6, 6.07) is 6.42. The molecule has 0 radical (unpaired) electrons. The average Bonchev–Trinajstić information content (AvgIpc) is 2.41. The summed E-state index contributed by atoms with van der Waals surface area (Å²) in [5.41, 5.74) is 7.90. The number of hydrogen-bond donors (Lipinski definition) is 2. The van der Waals surface area contributed by atoms with Gasteiger partial charge in [0.25, 0.3) is 0 Å². The van der Waals surface area contributed by atoms with Gasteiger partial charge in [0.05, 0.1) is 17.1 Å². The number of nitrogen functional groups attached to an aromatic ring is 1. The first kappa shape index (κ1) is 15.0. The predicted octanol–water partition coefficient (Wildman–Crippen LogP) is 4.77. The third-order valence-electron chi connectivity index (χ3n) is 3.16. The van der Waals surface area contributed by atoms with Crippen LogP contribution in [0, 0.1) is 22.1 Å². The van der Waals surface area contributed by atoms with Crippen LogP contribution in [-0.2, 0) is 6.42 Å². The van der Waals surface area contributed by atoms with E-state index in [9.17, 15) is 8.78 Å². The number of benzene rings is 2. The quantitative estimate of drug-likeness (QED) is 0.588. The van der Waals surface area contributed by atoms with Crippen molar-refractivity contribution in [3.63, 3.8) is 0 Å². The van der Waals surface area contributed by atoms with Gasteiger partial charge in [-0.25, -0.2) is 8.78 Å². The van der Waals surface area contributed by atoms with Crippen LogP contribution in [0.15, 0.2) is 24.3 Å². The summed E-state index contributed by atoms with van der Waals surface area (Å²) in [7, 11) is 0. The lowest BCUT2D eigenvalue weighted by atomic mass is 10.0. The highest BCUT2D eigenvalue weighted by molar-refractivity contribution is 14.1. The zero-order chi connectivity index (χ0) is 14.9. The number of aryl methyl sites for hydroxylation is 2. The van der Waals surface area contributed by atoms with Crippen molar-refractivity contribution in [3.8, 4) is 0 Å². The maximum absolute atomic E-state index is 14.3. The Bertz CT molecular complexity index is 657. The largest absolute Gasteiger partial charge is 0.397 e. The van der Waals surface area contributed by atoms with Crippen molar-refractivity contribution in [2.45, 2.75) is 20.3 Å². The van der Waals surface area contributed by atoms with E-state index in [1.165, 1.54) is 6.07 Å². The van der Waals surface area contributed by atoms with E-state index >= 15 is 0 Å². The van der Waals surface area contributed by atoms with E-state index < -0.39 is 11.6 Å². The highest BCUT2D eigenvalue weighted by Crippen LogP contribution is 2.33. The molecule has 106 valence electrons. The number of rotatable bonds is 3. The van der Waals surface area contributed by atoms with E-state index in [-0.39, 0.29) is 11.4 Å². The summed E-state index contributed by atoms with van der Waals surface area (Å²) in [5, 5.41) is 2.77. The van der Waals surface area contributed by atoms with Gasteiger partial charge in [-0.05, 0) is 65.3 Å². The molecule has 2 rings (SSSR count). The fraction of sp³-hybridized carbons (Fsp3) is 0.200. The molecule has 0 saturated heterocycles. The molecule has 3 N–H and O–H groups in total. The van der Waals surface area contributed by atoms with E-state index in [2.05, 4.69) is 5.32 Å². The van der Waals surface area contributed by atoms with Crippen molar-refractivity contribution in [1.82, 2.24) is 0 Å². The zero-order valence-electron chi connectivity index (χ0n) is 11.2. The molecule has 0 aliphatic carbocycles. The van der Waals surface area contributed by atoms with Crippen LogP contribution in [-0.4, -0.2) is 0 Å². The van der Waals surface area contributed by atoms with Crippen LogP contribution in [0.4, 0.5) is 25.8 Å². The van der Waals surface area contributed by atoms with Gasteiger partial charge in [0.15, 0.2) is 5.82 Å². The molecule has 2 aromatic carbocycles. The minimum Gasteiger partial charge on any atom is -0.397 e. The van der Waals surface area contributed by atoms with Crippen LogP contribution in [0.1, 0.15) is 18.1 Å². The minimum absolute atomic E-state index is 0.141. The monoisotopic (exact) mass is 388 g/mol. The Morgan fingerprint density at radius 2 is 1.95 bits per heavy atom. The number of anilines is 3. The third kappa shape index (κ3) is 2.87. The van der Waals surface area contributed by atoms with Gasteiger partial charge in [-0.15, -0.1) is 0 Å². The first-order chi connectivity index (χ1) is 9.43. The molecule has 0 aliphatic rings. The molecule has 0 aromatic heterocycles. The molecule has 0 bridgehead atoms. The van der Waals surface area contributed by atoms with Gasteiger partial charge in [-0.1, -0.05) is 13.0 Å². The molecule has 0 unspecified atom stereocenters. The zero-order valence-corrected chi connectivity index (χ0v) is 13.4. The Balaban J connectivity index is 2.50.